The van der Waals surface area contributed by atoms with Crippen molar-refractivity contribution in [2.24, 2.45) is 0 Å². The van der Waals surface area contributed by atoms with Gasteiger partial charge in [0.25, 0.3) is 0 Å². The van der Waals surface area contributed by atoms with Gasteiger partial charge in [-0.15, -0.1) is 0 Å². The van der Waals surface area contributed by atoms with Crippen molar-refractivity contribution in [3.63, 3.8) is 0 Å². The third kappa shape index (κ3) is 15.5. The van der Waals surface area contributed by atoms with Gasteiger partial charge in [-0.25, -0.2) is 0 Å². The molecule has 17 heavy (non-hydrogen) atoms. The lowest BCUT2D eigenvalue weighted by Crippen LogP contribution is -1.76. The lowest BCUT2D eigenvalue weighted by Gasteiger charge is -1.95. The Balaban J connectivity index is 3.13. The number of unbranched alkanes of at least 4 members (excludes halogenated alkanes) is 8. The lowest BCUT2D eigenvalue weighted by atomic mass is 10.1. The van der Waals surface area contributed by atoms with Crippen LogP contribution in [0.1, 0.15) is 78.1 Å². The van der Waals surface area contributed by atoms with Crippen molar-refractivity contribution >= 4 is 0 Å². The van der Waals surface area contributed by atoms with E-state index in [0.717, 1.165) is 6.42 Å². The van der Waals surface area contributed by atoms with Crippen molar-refractivity contribution in [1.82, 2.24) is 0 Å². The first-order valence-electron chi connectivity index (χ1n) is 7.53. The van der Waals surface area contributed by atoms with Gasteiger partial charge >= 0.3 is 0 Å². The summed E-state index contributed by atoms with van der Waals surface area (Å²) >= 11 is 0. The van der Waals surface area contributed by atoms with Gasteiger partial charge in [0.2, 0.25) is 0 Å². The van der Waals surface area contributed by atoms with Crippen LogP contribution in [0.15, 0.2) is 24.3 Å². The summed E-state index contributed by atoms with van der Waals surface area (Å²) in [4.78, 5) is 0. The third-order valence-corrected chi connectivity index (χ3v) is 2.85. The summed E-state index contributed by atoms with van der Waals surface area (Å²) in [6.07, 6.45) is 24.5. The van der Waals surface area contributed by atoms with Gasteiger partial charge in [0.1, 0.15) is 0 Å². The molecule has 0 rings (SSSR count). The SMILES string of the molecule is CCC[CH]CCCC=CCC=CCCCCC. The molecule has 0 spiro atoms. The molecule has 0 bridgehead atoms. The van der Waals surface area contributed by atoms with Crippen LogP contribution in [-0.2, 0) is 0 Å². The van der Waals surface area contributed by atoms with Crippen molar-refractivity contribution < 1.29 is 0 Å². The Morgan fingerprint density at radius 3 is 1.94 bits per heavy atom. The van der Waals surface area contributed by atoms with E-state index in [1.54, 1.807) is 0 Å². The third-order valence-electron chi connectivity index (χ3n) is 2.85. The van der Waals surface area contributed by atoms with Crippen LogP contribution in [0.2, 0.25) is 0 Å². The maximum absolute atomic E-state index is 2.42. The fraction of sp³-hybridized carbons (Fsp3) is 0.706. The Labute approximate surface area is 109 Å². The molecule has 0 heteroatoms. The summed E-state index contributed by atoms with van der Waals surface area (Å²) < 4.78 is 0. The first kappa shape index (κ1) is 16.5. The van der Waals surface area contributed by atoms with E-state index >= 15 is 0 Å². The Kier molecular flexibility index (Phi) is 15.0. The van der Waals surface area contributed by atoms with Gasteiger partial charge in [-0.2, -0.15) is 0 Å². The molecule has 99 valence electrons. The van der Waals surface area contributed by atoms with E-state index in [-0.39, 0.29) is 0 Å². The quantitative estimate of drug-likeness (QED) is 0.277. The molecule has 0 saturated carbocycles. The zero-order chi connectivity index (χ0) is 12.6. The maximum atomic E-state index is 2.42. The average Bonchev–Trinajstić information content (AvgIpc) is 2.35. The number of hydrogen-bond acceptors (Lipinski definition) is 0. The van der Waals surface area contributed by atoms with Crippen molar-refractivity contribution in [2.75, 3.05) is 0 Å². The molecule has 0 unspecified atom stereocenters. The summed E-state index contributed by atoms with van der Waals surface area (Å²) in [5.74, 6) is 0. The van der Waals surface area contributed by atoms with Crippen molar-refractivity contribution in [3.8, 4) is 0 Å². The zero-order valence-corrected chi connectivity index (χ0v) is 12.0. The highest BCUT2D eigenvalue weighted by Crippen LogP contribution is 2.05. The second kappa shape index (κ2) is 15.5. The van der Waals surface area contributed by atoms with Gasteiger partial charge < -0.3 is 0 Å². The van der Waals surface area contributed by atoms with Crippen LogP contribution in [0.4, 0.5) is 0 Å². The molecule has 0 aromatic heterocycles. The second-order valence-corrected chi connectivity index (χ2v) is 4.68. The van der Waals surface area contributed by atoms with Gasteiger partial charge in [0.05, 0.1) is 0 Å². The fourth-order valence-electron chi connectivity index (χ4n) is 1.75. The smallest absolute Gasteiger partial charge is 0.0169 e. The van der Waals surface area contributed by atoms with Crippen molar-refractivity contribution in [2.45, 2.75) is 78.1 Å². The number of allylic oxidation sites excluding steroid dienone is 4. The molecule has 0 heterocycles. The van der Waals surface area contributed by atoms with Crippen LogP contribution >= 0.6 is 0 Å². The Morgan fingerprint density at radius 1 is 0.588 bits per heavy atom. The molecule has 0 aromatic carbocycles. The van der Waals surface area contributed by atoms with E-state index in [2.05, 4.69) is 44.6 Å². The molecule has 0 aliphatic carbocycles. The van der Waals surface area contributed by atoms with Gasteiger partial charge in [-0.3, -0.25) is 0 Å². The highest BCUT2D eigenvalue weighted by atomic mass is 13.9. The largest absolute Gasteiger partial charge is 0.0882 e. The molecule has 0 aliphatic heterocycles. The Morgan fingerprint density at radius 2 is 1.29 bits per heavy atom. The fourth-order valence-corrected chi connectivity index (χ4v) is 1.75. The van der Waals surface area contributed by atoms with Gasteiger partial charge in [-0.1, -0.05) is 63.8 Å². The summed E-state index contributed by atoms with van der Waals surface area (Å²) in [7, 11) is 0. The average molecular weight is 235 g/mol. The molecule has 0 N–H and O–H groups in total. The molecule has 0 atom stereocenters. The van der Waals surface area contributed by atoms with Gasteiger partial charge in [-0.05, 0) is 44.9 Å². The molecule has 0 aliphatic rings. The molecule has 0 nitrogen and oxygen atoms in total. The molecule has 0 amide bonds. The van der Waals surface area contributed by atoms with E-state index in [0.29, 0.717) is 0 Å². The minimum atomic E-state index is 1.12. The first-order valence-corrected chi connectivity index (χ1v) is 7.53. The first-order chi connectivity index (χ1) is 8.41. The van der Waals surface area contributed by atoms with Crippen molar-refractivity contribution in [1.29, 1.82) is 0 Å². The second-order valence-electron chi connectivity index (χ2n) is 4.68. The summed E-state index contributed by atoms with van der Waals surface area (Å²) in [5.41, 5.74) is 0. The molecule has 0 fully saturated rings. The van der Waals surface area contributed by atoms with Crippen LogP contribution in [0.5, 0.6) is 0 Å². The molecular weight excluding hydrogens is 204 g/mol. The molecule has 1 radical (unpaired) electrons. The van der Waals surface area contributed by atoms with E-state index in [1.807, 2.05) is 0 Å². The van der Waals surface area contributed by atoms with Gasteiger partial charge in [0, 0.05) is 0 Å². The molecule has 0 saturated heterocycles. The molecular formula is C17H31. The number of hydrogen-bond donors (Lipinski definition) is 0. The monoisotopic (exact) mass is 235 g/mol. The van der Waals surface area contributed by atoms with Crippen LogP contribution in [0, 0.1) is 6.42 Å². The van der Waals surface area contributed by atoms with E-state index < -0.39 is 0 Å². The number of rotatable bonds is 12. The van der Waals surface area contributed by atoms with Crippen LogP contribution < -0.4 is 0 Å². The lowest BCUT2D eigenvalue weighted by molar-refractivity contribution is 0.728. The Hall–Kier alpha value is -0.520. The van der Waals surface area contributed by atoms with Gasteiger partial charge in [0.15, 0.2) is 0 Å². The predicted octanol–water partition coefficient (Wildman–Crippen LogP) is 6.24. The standard InChI is InChI=1S/C17H31/c1-3-5-7-9-11-13-15-17-16-14-12-10-8-6-4-2/h7,12,14-15,17H,3-6,8-11,13,16H2,1-2H3. The topological polar surface area (TPSA) is 0 Å². The van der Waals surface area contributed by atoms with E-state index in [9.17, 15) is 0 Å². The van der Waals surface area contributed by atoms with E-state index in [4.69, 9.17) is 0 Å². The summed E-state index contributed by atoms with van der Waals surface area (Å²) in [6.45, 7) is 4.49. The van der Waals surface area contributed by atoms with Crippen LogP contribution in [0.3, 0.4) is 0 Å². The molecule has 0 aromatic rings. The Bertz CT molecular complexity index is 176. The zero-order valence-electron chi connectivity index (χ0n) is 12.0. The minimum Gasteiger partial charge on any atom is -0.0882 e. The van der Waals surface area contributed by atoms with Crippen molar-refractivity contribution in [3.05, 3.63) is 30.7 Å². The minimum absolute atomic E-state index is 1.12. The van der Waals surface area contributed by atoms with Crippen LogP contribution in [-0.4, -0.2) is 0 Å². The highest BCUT2D eigenvalue weighted by molar-refractivity contribution is 4.92. The van der Waals surface area contributed by atoms with E-state index in [1.165, 1.54) is 57.8 Å². The summed E-state index contributed by atoms with van der Waals surface area (Å²) in [5, 5.41) is 0. The van der Waals surface area contributed by atoms with Crippen LogP contribution in [0.25, 0.3) is 0 Å². The highest BCUT2D eigenvalue weighted by Gasteiger charge is 1.86. The normalized spacial score (nSPS) is 11.9. The predicted molar refractivity (Wildman–Crippen MR) is 80.1 cm³/mol. The summed E-state index contributed by atoms with van der Waals surface area (Å²) in [6, 6.07) is 0. The maximum Gasteiger partial charge on any atom is -0.0169 e.